The van der Waals surface area contributed by atoms with Crippen molar-refractivity contribution in [1.82, 2.24) is 0 Å². The standard InChI is InChI=1S/C50H82O23/c1-19-7-10-50(65-17-19)20(2)32-28(73-50)12-24-22-6-5-21-11-27(25(54)13-49(21,4)23(22)8-9-48(24,32)3)66-45-40(63)37(60)41(31(16-53)69-45)70-47-43(72-46-39(62)36(59)34(57)29(14-51)67-46)42(35(58)30(15-52)68-47)71-44-38(61)33(56)26(55)18-64-44/h19-47,51-63H,5-18H2,1-4H3/t19-,20+,21+,22-,23+,24+,25-,26?,27-,28+,29?,30?,31?,32+,33?,34?,35?,36?,37?,38?,39?,40?,41?,42?,43?,44?,45?,46?,47?,48+,49+,50-/m1/s1. The highest BCUT2D eigenvalue weighted by atomic mass is 16.8. The van der Waals surface area contributed by atoms with Gasteiger partial charge in [-0.3, -0.25) is 0 Å². The molecule has 6 saturated heterocycles. The number of ether oxygens (including phenoxy) is 10. The maximum atomic E-state index is 12.0. The van der Waals surface area contributed by atoms with Crippen LogP contribution in [-0.2, 0) is 47.4 Å². The fraction of sp³-hybridized carbons (Fsp3) is 1.00. The minimum Gasteiger partial charge on any atom is -0.394 e. The molecule has 1 spiro atoms. The highest BCUT2D eigenvalue weighted by molar-refractivity contribution is 5.16. The first-order chi connectivity index (χ1) is 34.7. The first kappa shape index (κ1) is 55.4. The van der Waals surface area contributed by atoms with E-state index in [1.54, 1.807) is 0 Å². The lowest BCUT2D eigenvalue weighted by Gasteiger charge is -2.62. The normalized spacial score (nSPS) is 58.2. The molecule has 13 N–H and O–H groups in total. The quantitative estimate of drug-likeness (QED) is 0.0902. The second kappa shape index (κ2) is 21.3. The molecule has 0 bridgehead atoms. The van der Waals surface area contributed by atoms with Crippen LogP contribution < -0.4 is 0 Å². The molecule has 19 unspecified atom stereocenters. The third-order valence-electron chi connectivity index (χ3n) is 20.0. The zero-order valence-corrected chi connectivity index (χ0v) is 42.0. The van der Waals surface area contributed by atoms with Crippen LogP contribution in [0.2, 0.25) is 0 Å². The summed E-state index contributed by atoms with van der Waals surface area (Å²) in [5, 5.41) is 141. The topological polar surface area (TPSA) is 355 Å². The number of rotatable bonds is 11. The van der Waals surface area contributed by atoms with Crippen LogP contribution in [0.1, 0.15) is 85.5 Å². The molecule has 0 aromatic carbocycles. The van der Waals surface area contributed by atoms with Crippen LogP contribution in [0.4, 0.5) is 0 Å². The molecule has 32 atom stereocenters. The molecule has 6 heterocycles. The Kier molecular flexibility index (Phi) is 16.1. The van der Waals surface area contributed by atoms with Crippen molar-refractivity contribution >= 4 is 0 Å². The molecule has 4 aliphatic carbocycles. The van der Waals surface area contributed by atoms with E-state index in [0.717, 1.165) is 51.6 Å². The zero-order valence-electron chi connectivity index (χ0n) is 42.0. The van der Waals surface area contributed by atoms with E-state index in [-0.39, 0.29) is 22.9 Å². The molecular weight excluding hydrogens is 969 g/mol. The van der Waals surface area contributed by atoms with E-state index in [0.29, 0.717) is 48.3 Å². The Balaban J connectivity index is 0.824. The first-order valence-electron chi connectivity index (χ1n) is 26.8. The lowest BCUT2D eigenvalue weighted by atomic mass is 9.44. The van der Waals surface area contributed by atoms with E-state index in [9.17, 15) is 66.4 Å². The Labute approximate surface area is 424 Å². The zero-order chi connectivity index (χ0) is 52.2. The van der Waals surface area contributed by atoms with Crippen molar-refractivity contribution in [2.45, 2.75) is 226 Å². The van der Waals surface area contributed by atoms with Crippen molar-refractivity contribution < 1.29 is 114 Å². The van der Waals surface area contributed by atoms with Gasteiger partial charge in [0.05, 0.1) is 51.3 Å². The van der Waals surface area contributed by atoms with E-state index < -0.39 is 161 Å². The summed E-state index contributed by atoms with van der Waals surface area (Å²) in [6.07, 6.45) is -27.2. The highest BCUT2D eigenvalue weighted by Gasteiger charge is 2.70. The van der Waals surface area contributed by atoms with Crippen molar-refractivity contribution in [3.8, 4) is 0 Å². The van der Waals surface area contributed by atoms with Crippen LogP contribution in [0.25, 0.3) is 0 Å². The molecule has 23 nitrogen and oxygen atoms in total. The maximum absolute atomic E-state index is 12.0. The lowest BCUT2D eigenvalue weighted by Crippen LogP contribution is -2.68. The van der Waals surface area contributed by atoms with Gasteiger partial charge >= 0.3 is 0 Å². The van der Waals surface area contributed by atoms with Gasteiger partial charge in [0.15, 0.2) is 30.9 Å². The second-order valence-electron chi connectivity index (χ2n) is 24.0. The van der Waals surface area contributed by atoms with Crippen LogP contribution in [0, 0.1) is 52.3 Å². The molecule has 0 aromatic rings. The second-order valence-corrected chi connectivity index (χ2v) is 24.0. The van der Waals surface area contributed by atoms with Gasteiger partial charge in [-0.05, 0) is 97.7 Å². The molecule has 23 heteroatoms. The van der Waals surface area contributed by atoms with Crippen LogP contribution in [-0.4, -0.2) is 240 Å². The predicted molar refractivity (Wildman–Crippen MR) is 244 cm³/mol. The van der Waals surface area contributed by atoms with Crippen molar-refractivity contribution in [2.75, 3.05) is 33.0 Å². The van der Waals surface area contributed by atoms with E-state index >= 15 is 0 Å². The molecule has 0 amide bonds. The number of aliphatic hydroxyl groups is 13. The molecule has 4 saturated carbocycles. The summed E-state index contributed by atoms with van der Waals surface area (Å²) in [6.45, 7) is 7.02. The monoisotopic (exact) mass is 1050 g/mol. The summed E-state index contributed by atoms with van der Waals surface area (Å²) in [6, 6.07) is 0. The molecule has 10 aliphatic rings. The minimum absolute atomic E-state index is 0.130. The Morgan fingerprint density at radius 3 is 1.85 bits per heavy atom. The summed E-state index contributed by atoms with van der Waals surface area (Å²) in [5.41, 5.74) is -0.0565. The van der Waals surface area contributed by atoms with Gasteiger partial charge in [0.25, 0.3) is 0 Å². The number of hydrogen-bond acceptors (Lipinski definition) is 23. The van der Waals surface area contributed by atoms with Gasteiger partial charge in [0.1, 0.15) is 91.6 Å². The fourth-order valence-electron chi connectivity index (χ4n) is 15.9. The number of aliphatic hydroxyl groups excluding tert-OH is 13. The molecular formula is C50H82O23. The average Bonchev–Trinajstić information content (AvgIpc) is 3.82. The van der Waals surface area contributed by atoms with Crippen LogP contribution in [0.3, 0.4) is 0 Å². The molecule has 0 aromatic heterocycles. The van der Waals surface area contributed by atoms with Crippen molar-refractivity contribution in [3.63, 3.8) is 0 Å². The third-order valence-corrected chi connectivity index (χ3v) is 20.0. The molecule has 6 aliphatic heterocycles. The molecule has 10 rings (SSSR count). The van der Waals surface area contributed by atoms with E-state index in [1.165, 1.54) is 0 Å². The van der Waals surface area contributed by atoms with Gasteiger partial charge in [-0.1, -0.05) is 27.7 Å². The highest BCUT2D eigenvalue weighted by Crippen LogP contribution is 2.71. The van der Waals surface area contributed by atoms with Gasteiger partial charge in [-0.2, -0.15) is 0 Å². The van der Waals surface area contributed by atoms with Gasteiger partial charge < -0.3 is 114 Å². The predicted octanol–water partition coefficient (Wildman–Crippen LogP) is -3.30. The Morgan fingerprint density at radius 2 is 1.15 bits per heavy atom. The summed E-state index contributed by atoms with van der Waals surface area (Å²) in [5.74, 6) is 2.34. The van der Waals surface area contributed by atoms with Crippen molar-refractivity contribution in [3.05, 3.63) is 0 Å². The van der Waals surface area contributed by atoms with E-state index in [4.69, 9.17) is 47.4 Å². The largest absolute Gasteiger partial charge is 0.394 e. The lowest BCUT2D eigenvalue weighted by molar-refractivity contribution is -0.404. The molecule has 0 radical (unpaired) electrons. The van der Waals surface area contributed by atoms with E-state index in [1.807, 2.05) is 0 Å². The number of hydrogen-bond donors (Lipinski definition) is 13. The molecule has 73 heavy (non-hydrogen) atoms. The van der Waals surface area contributed by atoms with Gasteiger partial charge in [0.2, 0.25) is 0 Å². The van der Waals surface area contributed by atoms with E-state index in [2.05, 4.69) is 27.7 Å². The van der Waals surface area contributed by atoms with Crippen molar-refractivity contribution in [2.24, 2.45) is 52.3 Å². The Morgan fingerprint density at radius 1 is 0.521 bits per heavy atom. The Bertz CT molecular complexity index is 1860. The van der Waals surface area contributed by atoms with Gasteiger partial charge in [-0.25, -0.2) is 0 Å². The van der Waals surface area contributed by atoms with Crippen molar-refractivity contribution in [1.29, 1.82) is 0 Å². The van der Waals surface area contributed by atoms with Gasteiger partial charge in [-0.15, -0.1) is 0 Å². The summed E-state index contributed by atoms with van der Waals surface area (Å²) in [7, 11) is 0. The smallest absolute Gasteiger partial charge is 0.187 e. The minimum atomic E-state index is -2.02. The summed E-state index contributed by atoms with van der Waals surface area (Å²) < 4.78 is 61.1. The number of fused-ring (bicyclic) bond motifs is 7. The maximum Gasteiger partial charge on any atom is 0.187 e. The first-order valence-corrected chi connectivity index (χ1v) is 26.8. The molecule has 10 fully saturated rings. The SMILES string of the molecule is C[C@@H]1CC[C@@]2(OC1)O[C@H]1C[C@H]3[C@@H]4CC[C@H]5C[C@@H](OC6OC(CO)C(OC7OC(CO)C(O)C(OC8OCC(O)C(O)C8O)C7OC7OC(CO)C(O)C(O)C7O)C(O)C6O)[C@H](O)C[C@]5(C)[C@H]4CC[C@]3(C)[C@H]1[C@@H]2C. The average molecular weight is 1050 g/mol. The van der Waals surface area contributed by atoms with Gasteiger partial charge in [0, 0.05) is 12.3 Å². The summed E-state index contributed by atoms with van der Waals surface area (Å²) in [4.78, 5) is 0. The Hall–Kier alpha value is -0.920. The van der Waals surface area contributed by atoms with Crippen LogP contribution in [0.15, 0.2) is 0 Å². The third kappa shape index (κ3) is 9.49. The van der Waals surface area contributed by atoms with Crippen LogP contribution >= 0.6 is 0 Å². The summed E-state index contributed by atoms with van der Waals surface area (Å²) >= 11 is 0. The molecule has 420 valence electrons. The van der Waals surface area contributed by atoms with Crippen LogP contribution in [0.5, 0.6) is 0 Å². The fourth-order valence-corrected chi connectivity index (χ4v) is 15.9.